The zero-order chi connectivity index (χ0) is 29.3. The molecule has 0 saturated carbocycles. The van der Waals surface area contributed by atoms with Crippen LogP contribution < -0.4 is 0 Å². The van der Waals surface area contributed by atoms with Gasteiger partial charge >= 0.3 is 0 Å². The van der Waals surface area contributed by atoms with Crippen LogP contribution in [0.3, 0.4) is 0 Å². The summed E-state index contributed by atoms with van der Waals surface area (Å²) in [5, 5.41) is 0. The van der Waals surface area contributed by atoms with E-state index in [1.165, 1.54) is 0 Å². The Morgan fingerprint density at radius 1 is 0.684 bits per heavy atom. The predicted molar refractivity (Wildman–Crippen MR) is 154 cm³/mol. The standard InChI is InChI=1S/C30H46O6S2/c1-12-21(2)22-13-15-24(26(17-22)37(31,32)35-19-28(3,4)5)25-16-14-23(30(9,10)11)18-27(25)38(33,34)36-20-29(6,7)8/h13-18,21H,12,19-20H2,1-11H3. The molecule has 0 saturated heterocycles. The molecule has 214 valence electrons. The Bertz CT molecular complexity index is 1340. The average Bonchev–Trinajstić information content (AvgIpc) is 2.79. The quantitative estimate of drug-likeness (QED) is 0.290. The van der Waals surface area contributed by atoms with Crippen LogP contribution in [0.2, 0.25) is 0 Å². The SMILES string of the molecule is CCC(C)c1ccc(-c2ccc(C(C)(C)C)cc2S(=O)(=O)OCC(C)(C)C)c(S(=O)(=O)OCC(C)(C)C)c1. The fourth-order valence-corrected chi connectivity index (χ4v) is 6.28. The van der Waals surface area contributed by atoms with Gasteiger partial charge in [0.15, 0.2) is 0 Å². The van der Waals surface area contributed by atoms with Gasteiger partial charge in [-0.05, 0) is 51.8 Å². The van der Waals surface area contributed by atoms with Crippen LogP contribution >= 0.6 is 0 Å². The van der Waals surface area contributed by atoms with Gasteiger partial charge in [0.05, 0.1) is 13.2 Å². The highest BCUT2D eigenvalue weighted by molar-refractivity contribution is 7.87. The largest absolute Gasteiger partial charge is 0.297 e. The molecule has 2 aromatic carbocycles. The number of benzene rings is 2. The molecule has 8 heteroatoms. The lowest BCUT2D eigenvalue weighted by Gasteiger charge is -2.24. The van der Waals surface area contributed by atoms with Gasteiger partial charge in [0.2, 0.25) is 0 Å². The smallest absolute Gasteiger partial charge is 0.266 e. The molecule has 0 fully saturated rings. The maximum Gasteiger partial charge on any atom is 0.297 e. The van der Waals surface area contributed by atoms with Crippen molar-refractivity contribution < 1.29 is 25.2 Å². The first-order valence-corrected chi connectivity index (χ1v) is 16.0. The second-order valence-electron chi connectivity index (χ2n) is 13.6. The highest BCUT2D eigenvalue weighted by Crippen LogP contribution is 2.39. The summed E-state index contributed by atoms with van der Waals surface area (Å²) in [7, 11) is -8.43. The zero-order valence-corrected chi connectivity index (χ0v) is 26.6. The molecule has 6 nitrogen and oxygen atoms in total. The molecular formula is C30H46O6S2. The van der Waals surface area contributed by atoms with Gasteiger partial charge in [0, 0.05) is 11.1 Å². The van der Waals surface area contributed by atoms with E-state index in [9.17, 15) is 16.8 Å². The third-order valence-electron chi connectivity index (χ3n) is 6.16. The minimum Gasteiger partial charge on any atom is -0.266 e. The fraction of sp³-hybridized carbons (Fsp3) is 0.600. The molecule has 0 aromatic heterocycles. The van der Waals surface area contributed by atoms with Gasteiger partial charge in [0.25, 0.3) is 20.2 Å². The van der Waals surface area contributed by atoms with Crippen molar-refractivity contribution in [2.75, 3.05) is 13.2 Å². The van der Waals surface area contributed by atoms with Gasteiger partial charge in [0.1, 0.15) is 9.79 Å². The normalized spacial score (nSPS) is 14.5. The number of hydrogen-bond acceptors (Lipinski definition) is 6. The van der Waals surface area contributed by atoms with Crippen LogP contribution in [0.1, 0.15) is 99.6 Å². The first-order chi connectivity index (χ1) is 17.1. The summed E-state index contributed by atoms with van der Waals surface area (Å²) in [6.07, 6.45) is 0.822. The van der Waals surface area contributed by atoms with Gasteiger partial charge in [-0.2, -0.15) is 16.8 Å². The summed E-state index contributed by atoms with van der Waals surface area (Å²) in [4.78, 5) is -0.104. The van der Waals surface area contributed by atoms with Crippen molar-refractivity contribution in [3.05, 3.63) is 47.5 Å². The minimum absolute atomic E-state index is 0.00879. The van der Waals surface area contributed by atoms with Crippen molar-refractivity contribution in [1.82, 2.24) is 0 Å². The Balaban J connectivity index is 2.88. The van der Waals surface area contributed by atoms with Crippen molar-refractivity contribution in [1.29, 1.82) is 0 Å². The molecule has 0 aliphatic heterocycles. The van der Waals surface area contributed by atoms with E-state index in [1.54, 1.807) is 24.3 Å². The Morgan fingerprint density at radius 3 is 1.50 bits per heavy atom. The molecule has 2 rings (SSSR count). The Hall–Kier alpha value is -1.74. The Labute approximate surface area is 231 Å². The van der Waals surface area contributed by atoms with Gasteiger partial charge in [-0.15, -0.1) is 0 Å². The van der Waals surface area contributed by atoms with E-state index in [4.69, 9.17) is 8.37 Å². The molecule has 2 aromatic rings. The van der Waals surface area contributed by atoms with E-state index in [0.29, 0.717) is 0 Å². The van der Waals surface area contributed by atoms with E-state index in [2.05, 4.69) is 0 Å². The molecule has 0 aliphatic carbocycles. The topological polar surface area (TPSA) is 86.7 Å². The van der Waals surface area contributed by atoms with Gasteiger partial charge in [-0.3, -0.25) is 8.37 Å². The molecule has 1 unspecified atom stereocenters. The van der Waals surface area contributed by atoms with E-state index in [0.717, 1.165) is 17.5 Å². The molecule has 0 N–H and O–H groups in total. The van der Waals surface area contributed by atoms with E-state index >= 15 is 0 Å². The van der Waals surface area contributed by atoms with Crippen molar-refractivity contribution in [3.63, 3.8) is 0 Å². The van der Waals surface area contributed by atoms with Gasteiger partial charge in [-0.1, -0.05) is 100 Å². The molecule has 0 aliphatic rings. The average molecular weight is 567 g/mol. The van der Waals surface area contributed by atoms with Gasteiger partial charge in [-0.25, -0.2) is 0 Å². The lowest BCUT2D eigenvalue weighted by Crippen LogP contribution is -2.21. The van der Waals surface area contributed by atoms with E-state index in [-0.39, 0.29) is 56.3 Å². The summed E-state index contributed by atoms with van der Waals surface area (Å²) in [5.41, 5.74) is 1.06. The maximum absolute atomic E-state index is 13.6. The maximum atomic E-state index is 13.6. The summed E-state index contributed by atoms with van der Waals surface area (Å²) in [6, 6.07) is 10.3. The first-order valence-electron chi connectivity index (χ1n) is 13.2. The summed E-state index contributed by atoms with van der Waals surface area (Å²) in [5.74, 6) is 0.113. The second kappa shape index (κ2) is 11.4. The molecular weight excluding hydrogens is 520 g/mol. The van der Waals surface area contributed by atoms with E-state index < -0.39 is 20.2 Å². The van der Waals surface area contributed by atoms with E-state index in [1.807, 2.05) is 88.3 Å². The van der Waals surface area contributed by atoms with Crippen molar-refractivity contribution in [3.8, 4) is 11.1 Å². The van der Waals surface area contributed by atoms with Crippen LogP contribution in [0.4, 0.5) is 0 Å². The summed E-state index contributed by atoms with van der Waals surface area (Å²) >= 11 is 0. The highest BCUT2D eigenvalue weighted by atomic mass is 32.2. The molecule has 38 heavy (non-hydrogen) atoms. The first kappa shape index (κ1) is 32.5. The highest BCUT2D eigenvalue weighted by Gasteiger charge is 2.30. The third kappa shape index (κ3) is 8.63. The zero-order valence-electron chi connectivity index (χ0n) is 24.9. The monoisotopic (exact) mass is 566 g/mol. The van der Waals surface area contributed by atoms with Crippen molar-refractivity contribution in [2.45, 2.75) is 104 Å². The van der Waals surface area contributed by atoms with Crippen LogP contribution in [0.5, 0.6) is 0 Å². The Kier molecular flexibility index (Phi) is 9.74. The lowest BCUT2D eigenvalue weighted by molar-refractivity contribution is 0.203. The van der Waals surface area contributed by atoms with Gasteiger partial charge < -0.3 is 0 Å². The second-order valence-corrected chi connectivity index (χ2v) is 16.7. The molecule has 0 amide bonds. The molecule has 0 spiro atoms. The van der Waals surface area contributed by atoms with Crippen LogP contribution in [0.15, 0.2) is 46.2 Å². The third-order valence-corrected chi connectivity index (χ3v) is 8.77. The van der Waals surface area contributed by atoms with Crippen LogP contribution in [-0.4, -0.2) is 30.0 Å². The number of rotatable bonds is 9. The van der Waals surface area contributed by atoms with Crippen molar-refractivity contribution in [2.24, 2.45) is 10.8 Å². The molecule has 0 heterocycles. The Morgan fingerprint density at radius 2 is 1.11 bits per heavy atom. The van der Waals surface area contributed by atoms with Crippen LogP contribution in [0.25, 0.3) is 11.1 Å². The van der Waals surface area contributed by atoms with Crippen LogP contribution in [-0.2, 0) is 34.0 Å². The molecule has 1 atom stereocenters. The minimum atomic E-state index is -4.22. The number of hydrogen-bond donors (Lipinski definition) is 0. The molecule has 0 bridgehead atoms. The molecule has 0 radical (unpaired) electrons. The predicted octanol–water partition coefficient (Wildman–Crippen LogP) is 7.67. The van der Waals surface area contributed by atoms with Crippen LogP contribution in [0, 0.1) is 10.8 Å². The van der Waals surface area contributed by atoms with Crippen molar-refractivity contribution >= 4 is 20.2 Å². The summed E-state index contributed by atoms with van der Waals surface area (Å²) < 4.78 is 65.3. The summed E-state index contributed by atoms with van der Waals surface area (Å²) in [6.45, 7) is 21.3. The lowest BCUT2D eigenvalue weighted by atomic mass is 9.86. The fourth-order valence-electron chi connectivity index (χ4n) is 3.56.